The van der Waals surface area contributed by atoms with Crippen molar-refractivity contribution in [2.24, 2.45) is 5.92 Å². The topological polar surface area (TPSA) is 41.9 Å². The first-order valence-corrected chi connectivity index (χ1v) is 9.86. The van der Waals surface area contributed by atoms with E-state index in [2.05, 4.69) is 11.0 Å². The molecule has 0 aromatic heterocycles. The van der Waals surface area contributed by atoms with Crippen LogP contribution in [0.1, 0.15) is 30.9 Å². The number of hydrogen-bond donors (Lipinski definition) is 1. The predicted molar refractivity (Wildman–Crippen MR) is 108 cm³/mol. The summed E-state index contributed by atoms with van der Waals surface area (Å²) in [7, 11) is 3.32. The molecule has 1 saturated heterocycles. The zero-order chi connectivity index (χ0) is 20.1. The van der Waals surface area contributed by atoms with Gasteiger partial charge >= 0.3 is 0 Å². The summed E-state index contributed by atoms with van der Waals surface area (Å²) in [6.45, 7) is 4.67. The van der Waals surface area contributed by atoms with E-state index in [1.165, 1.54) is 12.1 Å². The quantitative estimate of drug-likeness (QED) is 0.780. The van der Waals surface area contributed by atoms with Crippen molar-refractivity contribution in [1.82, 2.24) is 4.90 Å². The van der Waals surface area contributed by atoms with E-state index in [1.54, 1.807) is 26.4 Å². The Labute approximate surface area is 166 Å². The Hall–Kier alpha value is -2.11. The molecule has 0 bridgehead atoms. The summed E-state index contributed by atoms with van der Waals surface area (Å²) < 4.78 is 24.1. The second-order valence-corrected chi connectivity index (χ2v) is 7.67. The van der Waals surface area contributed by atoms with Crippen molar-refractivity contribution < 1.29 is 19.0 Å². The van der Waals surface area contributed by atoms with Crippen LogP contribution in [0.25, 0.3) is 0 Å². The Balaban J connectivity index is 1.57. The summed E-state index contributed by atoms with van der Waals surface area (Å²) in [5.74, 6) is 1.45. The van der Waals surface area contributed by atoms with Crippen LogP contribution in [0.15, 0.2) is 42.5 Å². The van der Waals surface area contributed by atoms with Gasteiger partial charge < -0.3 is 19.5 Å². The number of piperidine rings is 1. The molecule has 1 N–H and O–H groups in total. The molecule has 3 rings (SSSR count). The summed E-state index contributed by atoms with van der Waals surface area (Å²) in [4.78, 5) is 2.43. The highest BCUT2D eigenvalue weighted by molar-refractivity contribution is 5.46. The third-order valence-corrected chi connectivity index (χ3v) is 5.99. The highest BCUT2D eigenvalue weighted by Crippen LogP contribution is 2.36. The third kappa shape index (κ3) is 4.47. The normalized spacial score (nSPS) is 17.9. The largest absolute Gasteiger partial charge is 0.493 e. The Kier molecular flexibility index (Phi) is 6.57. The smallest absolute Gasteiger partial charge is 0.163 e. The van der Waals surface area contributed by atoms with Crippen LogP contribution in [0.4, 0.5) is 4.39 Å². The van der Waals surface area contributed by atoms with Gasteiger partial charge in [-0.25, -0.2) is 4.39 Å². The van der Waals surface area contributed by atoms with Crippen LogP contribution in [0.5, 0.6) is 11.5 Å². The number of rotatable bonds is 7. The minimum absolute atomic E-state index is 0.167. The lowest BCUT2D eigenvalue weighted by molar-refractivity contribution is -0.0328. The van der Waals surface area contributed by atoms with E-state index in [0.29, 0.717) is 0 Å². The number of benzene rings is 2. The molecule has 2 aromatic rings. The Bertz CT molecular complexity index is 768. The molecule has 2 aromatic carbocycles. The van der Waals surface area contributed by atoms with E-state index in [0.717, 1.165) is 61.5 Å². The van der Waals surface area contributed by atoms with Crippen LogP contribution >= 0.6 is 0 Å². The number of ether oxygens (including phenoxy) is 2. The average molecular weight is 387 g/mol. The molecule has 5 heteroatoms. The number of para-hydroxylation sites is 1. The van der Waals surface area contributed by atoms with Gasteiger partial charge in [-0.05, 0) is 74.5 Å². The molecule has 1 unspecified atom stereocenters. The number of hydrogen-bond acceptors (Lipinski definition) is 4. The maximum Gasteiger partial charge on any atom is 0.163 e. The lowest BCUT2D eigenvalue weighted by atomic mass is 9.77. The molecule has 1 heterocycles. The maximum absolute atomic E-state index is 13.2. The van der Waals surface area contributed by atoms with Gasteiger partial charge in [-0.2, -0.15) is 0 Å². The molecule has 0 amide bonds. The Morgan fingerprint density at radius 3 is 2.36 bits per heavy atom. The summed E-state index contributed by atoms with van der Waals surface area (Å²) in [5, 5.41) is 11.1. The highest BCUT2D eigenvalue weighted by Gasteiger charge is 2.35. The van der Waals surface area contributed by atoms with Gasteiger partial charge in [0.15, 0.2) is 11.5 Å². The van der Waals surface area contributed by atoms with Crippen LogP contribution in [0.3, 0.4) is 0 Å². The monoisotopic (exact) mass is 387 g/mol. The zero-order valence-corrected chi connectivity index (χ0v) is 17.0. The second kappa shape index (κ2) is 8.93. The minimum Gasteiger partial charge on any atom is -0.493 e. The Morgan fingerprint density at radius 2 is 1.75 bits per heavy atom. The molecule has 1 atom stereocenters. The molecule has 152 valence electrons. The van der Waals surface area contributed by atoms with E-state index < -0.39 is 5.60 Å². The van der Waals surface area contributed by atoms with Crippen LogP contribution in [-0.2, 0) is 12.0 Å². The Morgan fingerprint density at radius 1 is 1.07 bits per heavy atom. The van der Waals surface area contributed by atoms with Crippen LogP contribution in [0.2, 0.25) is 0 Å². The van der Waals surface area contributed by atoms with E-state index in [-0.39, 0.29) is 11.7 Å². The molecule has 0 radical (unpaired) electrons. The number of methoxy groups -OCH3 is 2. The van der Waals surface area contributed by atoms with Gasteiger partial charge in [-0.1, -0.05) is 24.3 Å². The average Bonchev–Trinajstić information content (AvgIpc) is 2.72. The lowest BCUT2D eigenvalue weighted by Crippen LogP contribution is -2.42. The van der Waals surface area contributed by atoms with Crippen LogP contribution in [0, 0.1) is 11.7 Å². The van der Waals surface area contributed by atoms with E-state index in [4.69, 9.17) is 9.47 Å². The molecular weight excluding hydrogens is 357 g/mol. The van der Waals surface area contributed by atoms with Crippen LogP contribution in [-0.4, -0.2) is 43.9 Å². The molecule has 1 aliphatic heterocycles. The molecule has 1 aliphatic rings. The van der Waals surface area contributed by atoms with Crippen molar-refractivity contribution in [3.05, 3.63) is 59.4 Å². The van der Waals surface area contributed by atoms with E-state index in [9.17, 15) is 9.50 Å². The van der Waals surface area contributed by atoms with Crippen molar-refractivity contribution >= 4 is 0 Å². The van der Waals surface area contributed by atoms with Gasteiger partial charge in [0.2, 0.25) is 0 Å². The SMILES string of the molecule is COc1cccc(CCN2CCC(C(C)(O)c3ccc(F)cc3)CC2)c1OC. The van der Waals surface area contributed by atoms with Crippen molar-refractivity contribution in [3.63, 3.8) is 0 Å². The molecule has 0 aliphatic carbocycles. The number of nitrogens with zero attached hydrogens (tertiary/aromatic N) is 1. The number of likely N-dealkylation sites (tertiary alicyclic amines) is 1. The molecule has 28 heavy (non-hydrogen) atoms. The first-order chi connectivity index (χ1) is 13.5. The highest BCUT2D eigenvalue weighted by atomic mass is 19.1. The van der Waals surface area contributed by atoms with Gasteiger partial charge in [0, 0.05) is 6.54 Å². The summed E-state index contributed by atoms with van der Waals surface area (Å²) in [6, 6.07) is 12.2. The fourth-order valence-electron chi connectivity index (χ4n) is 4.17. The number of halogens is 1. The van der Waals surface area contributed by atoms with Gasteiger partial charge in [0.25, 0.3) is 0 Å². The van der Waals surface area contributed by atoms with E-state index in [1.807, 2.05) is 19.1 Å². The molecule has 0 spiro atoms. The van der Waals surface area contributed by atoms with E-state index >= 15 is 0 Å². The van der Waals surface area contributed by atoms with Gasteiger partial charge in [-0.3, -0.25) is 0 Å². The summed E-state index contributed by atoms with van der Waals surface area (Å²) in [5.41, 5.74) is 0.992. The van der Waals surface area contributed by atoms with Crippen molar-refractivity contribution in [1.29, 1.82) is 0 Å². The van der Waals surface area contributed by atoms with Gasteiger partial charge in [0.05, 0.1) is 19.8 Å². The fourth-order valence-corrected chi connectivity index (χ4v) is 4.17. The standard InChI is InChI=1S/C23H30FNO3/c1-23(26,18-7-9-20(24)10-8-18)19-12-15-25(16-13-19)14-11-17-5-4-6-21(27-2)22(17)28-3/h4-10,19,26H,11-16H2,1-3H3. The first-order valence-electron chi connectivity index (χ1n) is 9.86. The van der Waals surface area contributed by atoms with Crippen LogP contribution < -0.4 is 9.47 Å². The fraction of sp³-hybridized carbons (Fsp3) is 0.478. The molecule has 1 fully saturated rings. The molecule has 4 nitrogen and oxygen atoms in total. The second-order valence-electron chi connectivity index (χ2n) is 7.67. The molecule has 0 saturated carbocycles. The summed E-state index contributed by atoms with van der Waals surface area (Å²) in [6.07, 6.45) is 2.72. The molecular formula is C23H30FNO3. The van der Waals surface area contributed by atoms with Gasteiger partial charge in [-0.15, -0.1) is 0 Å². The van der Waals surface area contributed by atoms with Crippen molar-refractivity contribution in [2.75, 3.05) is 33.9 Å². The first kappa shape index (κ1) is 20.6. The lowest BCUT2D eigenvalue weighted by Gasteiger charge is -2.40. The summed E-state index contributed by atoms with van der Waals surface area (Å²) >= 11 is 0. The predicted octanol–water partition coefficient (Wildman–Crippen LogP) is 4.01. The number of aliphatic hydroxyl groups is 1. The van der Waals surface area contributed by atoms with Crippen molar-refractivity contribution in [3.8, 4) is 11.5 Å². The minimum atomic E-state index is -0.935. The maximum atomic E-state index is 13.2. The van der Waals surface area contributed by atoms with Crippen molar-refractivity contribution in [2.45, 2.75) is 31.8 Å². The zero-order valence-electron chi connectivity index (χ0n) is 17.0. The third-order valence-electron chi connectivity index (χ3n) is 5.99. The van der Waals surface area contributed by atoms with Gasteiger partial charge in [0.1, 0.15) is 5.82 Å².